The summed E-state index contributed by atoms with van der Waals surface area (Å²) in [5.74, 6) is 6.70. The zero-order valence-electron chi connectivity index (χ0n) is 14.0. The van der Waals surface area contributed by atoms with Crippen molar-refractivity contribution in [3.8, 4) is 11.3 Å². The number of nitrogens with two attached hydrogens (primary N) is 1. The average Bonchev–Trinajstić information content (AvgIpc) is 2.61. The summed E-state index contributed by atoms with van der Waals surface area (Å²) in [6.45, 7) is 7.66. The van der Waals surface area contributed by atoms with Gasteiger partial charge < -0.3 is 15.6 Å². The maximum Gasteiger partial charge on any atom is 0.187 e. The number of anilines is 1. The molecule has 0 aliphatic carbocycles. The van der Waals surface area contributed by atoms with Crippen molar-refractivity contribution >= 4 is 5.82 Å². The van der Waals surface area contributed by atoms with Crippen LogP contribution in [-0.2, 0) is 0 Å². The zero-order chi connectivity index (χ0) is 16.8. The summed E-state index contributed by atoms with van der Waals surface area (Å²) in [5.41, 5.74) is 1.66. The predicted molar refractivity (Wildman–Crippen MR) is 92.4 cm³/mol. The molecule has 1 aliphatic rings. The molecule has 2 heterocycles. The highest BCUT2D eigenvalue weighted by Crippen LogP contribution is 2.15. The van der Waals surface area contributed by atoms with Gasteiger partial charge in [0, 0.05) is 26.2 Å². The summed E-state index contributed by atoms with van der Waals surface area (Å²) in [4.78, 5) is 8.82. The molecule has 2 aromatic rings. The summed E-state index contributed by atoms with van der Waals surface area (Å²) in [6, 6.07) is 11.4. The van der Waals surface area contributed by atoms with Crippen molar-refractivity contribution in [2.45, 2.75) is 13.8 Å². The molecule has 0 radical (unpaired) electrons. The Morgan fingerprint density at radius 2 is 1.91 bits per heavy atom. The first-order valence-electron chi connectivity index (χ1n) is 7.91. The van der Waals surface area contributed by atoms with Crippen molar-refractivity contribution in [1.29, 1.82) is 5.41 Å². The van der Waals surface area contributed by atoms with Crippen LogP contribution in [0.25, 0.3) is 11.3 Å². The summed E-state index contributed by atoms with van der Waals surface area (Å²) in [5, 5.41) is 8.27. The molecule has 3 N–H and O–H groups in total. The van der Waals surface area contributed by atoms with Gasteiger partial charge in [-0.1, -0.05) is 32.0 Å². The van der Waals surface area contributed by atoms with Gasteiger partial charge in [0.25, 0.3) is 0 Å². The number of hydrogen-bond acceptors (Lipinski definition) is 5. The molecule has 1 fully saturated rings. The van der Waals surface area contributed by atoms with E-state index in [0.717, 1.165) is 31.7 Å². The maximum absolute atomic E-state index is 8.27. The molecule has 1 saturated heterocycles. The van der Waals surface area contributed by atoms with E-state index in [0.29, 0.717) is 11.5 Å². The first-order chi connectivity index (χ1) is 11.2. The van der Waals surface area contributed by atoms with Gasteiger partial charge in [0.1, 0.15) is 0 Å². The van der Waals surface area contributed by atoms with Crippen molar-refractivity contribution in [2.24, 2.45) is 0 Å². The van der Waals surface area contributed by atoms with Crippen molar-refractivity contribution in [1.82, 2.24) is 14.6 Å². The minimum Gasteiger partial charge on any atom is -0.351 e. The summed E-state index contributed by atoms with van der Waals surface area (Å²) < 4.78 is 1.36. The summed E-state index contributed by atoms with van der Waals surface area (Å²) in [6.07, 6.45) is 1.70. The standard InChI is InChI=1S/C15H18N6.C2H6/c1-19-7-9-20(10-8-19)15-14(16)21(17)13(11-18-15)12-5-3-2-4-6-12;1-2/h2-3,5,11,16H,7-10,17H2,1H3;1-2H3. The molecule has 1 aromatic carbocycles. The Bertz CT molecular complexity index is 671. The van der Waals surface area contributed by atoms with Crippen molar-refractivity contribution in [2.75, 3.05) is 44.0 Å². The predicted octanol–water partition coefficient (Wildman–Crippen LogP) is 1.12. The lowest BCUT2D eigenvalue weighted by Gasteiger charge is -2.33. The lowest BCUT2D eigenvalue weighted by molar-refractivity contribution is 0.311. The fourth-order valence-electron chi connectivity index (χ4n) is 2.43. The Balaban J connectivity index is 0.000000924. The minimum atomic E-state index is 0.217. The van der Waals surface area contributed by atoms with E-state index in [-0.39, 0.29) is 5.49 Å². The van der Waals surface area contributed by atoms with Gasteiger partial charge in [-0.15, -0.1) is 0 Å². The number of likely N-dealkylation sites (N-methyl/N-ethyl adjacent to an activating group) is 1. The Labute approximate surface area is 137 Å². The highest BCUT2D eigenvalue weighted by molar-refractivity contribution is 5.57. The molecule has 0 unspecified atom stereocenters. The van der Waals surface area contributed by atoms with Gasteiger partial charge in [-0.3, -0.25) is 5.41 Å². The van der Waals surface area contributed by atoms with Gasteiger partial charge in [-0.2, -0.15) is 0 Å². The first kappa shape index (κ1) is 16.8. The quantitative estimate of drug-likeness (QED) is 0.815. The molecule has 0 spiro atoms. The first-order valence-corrected chi connectivity index (χ1v) is 7.91. The molecule has 0 saturated carbocycles. The second-order valence-corrected chi connectivity index (χ2v) is 5.18. The smallest absolute Gasteiger partial charge is 0.187 e. The number of hydrogen-bond donors (Lipinski definition) is 2. The van der Waals surface area contributed by atoms with E-state index in [2.05, 4.69) is 34.0 Å². The van der Waals surface area contributed by atoms with Gasteiger partial charge in [0.2, 0.25) is 0 Å². The van der Waals surface area contributed by atoms with E-state index in [9.17, 15) is 0 Å². The lowest BCUT2D eigenvalue weighted by Crippen LogP contribution is -2.47. The second-order valence-electron chi connectivity index (χ2n) is 5.18. The van der Waals surface area contributed by atoms with Crippen LogP contribution < -0.4 is 16.2 Å². The molecule has 0 amide bonds. The Morgan fingerprint density at radius 1 is 1.22 bits per heavy atom. The van der Waals surface area contributed by atoms with E-state index in [1.165, 1.54) is 4.68 Å². The molecule has 3 rings (SSSR count). The summed E-state index contributed by atoms with van der Waals surface area (Å²) >= 11 is 0. The maximum atomic E-state index is 8.27. The van der Waals surface area contributed by atoms with Crippen LogP contribution in [0, 0.1) is 17.5 Å². The lowest BCUT2D eigenvalue weighted by atomic mass is 10.2. The van der Waals surface area contributed by atoms with Crippen molar-refractivity contribution in [3.05, 3.63) is 42.0 Å². The van der Waals surface area contributed by atoms with Crippen LogP contribution in [0.3, 0.4) is 0 Å². The van der Waals surface area contributed by atoms with Crippen LogP contribution in [0.5, 0.6) is 0 Å². The van der Waals surface area contributed by atoms with Crippen LogP contribution in [0.1, 0.15) is 13.8 Å². The fraction of sp³-hybridized carbons (Fsp3) is 0.412. The molecule has 23 heavy (non-hydrogen) atoms. The van der Waals surface area contributed by atoms with Gasteiger partial charge in [-0.05, 0) is 19.2 Å². The van der Waals surface area contributed by atoms with Crippen molar-refractivity contribution in [3.63, 3.8) is 0 Å². The highest BCUT2D eigenvalue weighted by atomic mass is 15.3. The van der Waals surface area contributed by atoms with E-state index in [4.69, 9.17) is 11.3 Å². The Hall–Kier alpha value is -2.52. The molecular formula is C17H24N6. The topological polar surface area (TPSA) is 74.2 Å². The number of nitrogen functional groups attached to an aromatic ring is 1. The van der Waals surface area contributed by atoms with Crippen LogP contribution >= 0.6 is 0 Å². The molecule has 6 heteroatoms. The fourth-order valence-corrected chi connectivity index (χ4v) is 2.43. The molecular weight excluding hydrogens is 288 g/mol. The largest absolute Gasteiger partial charge is 0.351 e. The molecule has 1 aliphatic heterocycles. The van der Waals surface area contributed by atoms with E-state index in [1.54, 1.807) is 12.3 Å². The molecule has 6 nitrogen and oxygen atoms in total. The Morgan fingerprint density at radius 3 is 2.52 bits per heavy atom. The average molecular weight is 312 g/mol. The van der Waals surface area contributed by atoms with Crippen molar-refractivity contribution < 1.29 is 0 Å². The van der Waals surface area contributed by atoms with E-state index >= 15 is 0 Å². The number of nitrogens with zero attached hydrogens (tertiary/aromatic N) is 4. The number of piperazine rings is 1. The van der Waals surface area contributed by atoms with E-state index in [1.807, 2.05) is 26.0 Å². The zero-order valence-corrected chi connectivity index (χ0v) is 14.0. The van der Waals surface area contributed by atoms with Crippen LogP contribution in [0.2, 0.25) is 0 Å². The number of rotatable bonds is 2. The van der Waals surface area contributed by atoms with Gasteiger partial charge >= 0.3 is 0 Å². The van der Waals surface area contributed by atoms with Gasteiger partial charge in [0.15, 0.2) is 11.3 Å². The van der Waals surface area contributed by atoms with Gasteiger partial charge in [-0.25, -0.2) is 9.66 Å². The Kier molecular flexibility index (Phi) is 5.61. The normalized spacial score (nSPS) is 14.7. The molecule has 0 atom stereocenters. The second kappa shape index (κ2) is 7.65. The van der Waals surface area contributed by atoms with Crippen LogP contribution in [0.4, 0.5) is 5.82 Å². The molecule has 0 bridgehead atoms. The minimum absolute atomic E-state index is 0.217. The molecule has 122 valence electrons. The third-order valence-electron chi connectivity index (χ3n) is 3.75. The highest BCUT2D eigenvalue weighted by Gasteiger charge is 2.18. The van der Waals surface area contributed by atoms with Crippen LogP contribution in [0.15, 0.2) is 24.4 Å². The SMILES string of the molecule is CC.CN1CCN(c2ncc(-c3c#cccc3)n(N)c2=N)CC1. The van der Waals surface area contributed by atoms with E-state index < -0.39 is 0 Å². The number of aromatic nitrogens is 2. The summed E-state index contributed by atoms with van der Waals surface area (Å²) in [7, 11) is 2.10. The number of nitrogens with one attached hydrogen (secondary N) is 1. The van der Waals surface area contributed by atoms with Gasteiger partial charge in [0.05, 0.1) is 17.5 Å². The molecule has 1 aromatic heterocycles. The van der Waals surface area contributed by atoms with Crippen LogP contribution in [-0.4, -0.2) is 47.8 Å². The third kappa shape index (κ3) is 3.63. The monoisotopic (exact) mass is 312 g/mol. The third-order valence-corrected chi connectivity index (χ3v) is 3.75.